The van der Waals surface area contributed by atoms with Gasteiger partial charge < -0.3 is 20.9 Å². The lowest BCUT2D eigenvalue weighted by molar-refractivity contribution is -0.122. The van der Waals surface area contributed by atoms with Gasteiger partial charge in [-0.1, -0.05) is 18.2 Å². The Labute approximate surface area is 169 Å². The topological polar surface area (TPSA) is 90.5 Å². The van der Waals surface area contributed by atoms with Gasteiger partial charge in [0, 0.05) is 24.5 Å². The molecule has 1 atom stereocenters. The summed E-state index contributed by atoms with van der Waals surface area (Å²) in [6, 6.07) is 13.6. The molecule has 1 fully saturated rings. The molecule has 7 nitrogen and oxygen atoms in total. The number of carbonyl (C=O) groups excluding carboxylic acids is 3. The molecule has 2 aliphatic rings. The summed E-state index contributed by atoms with van der Waals surface area (Å²) >= 11 is 0. The van der Waals surface area contributed by atoms with E-state index in [1.165, 1.54) is 19.3 Å². The van der Waals surface area contributed by atoms with E-state index in [0.29, 0.717) is 16.9 Å². The molecule has 2 aromatic carbocycles. The predicted molar refractivity (Wildman–Crippen MR) is 112 cm³/mol. The maximum atomic E-state index is 12.5. The number of amides is 3. The van der Waals surface area contributed by atoms with E-state index >= 15 is 0 Å². The van der Waals surface area contributed by atoms with Crippen LogP contribution in [-0.2, 0) is 9.59 Å². The zero-order valence-electron chi connectivity index (χ0n) is 16.1. The summed E-state index contributed by atoms with van der Waals surface area (Å²) < 4.78 is 0. The molecular weight excluding hydrogens is 368 g/mol. The first-order chi connectivity index (χ1) is 14.1. The van der Waals surface area contributed by atoms with E-state index in [4.69, 9.17) is 0 Å². The minimum Gasteiger partial charge on any atom is -0.371 e. The zero-order valence-corrected chi connectivity index (χ0v) is 16.1. The molecule has 2 aromatic rings. The second-order valence-electron chi connectivity index (χ2n) is 7.41. The average molecular weight is 392 g/mol. The van der Waals surface area contributed by atoms with Crippen LogP contribution in [0.25, 0.3) is 0 Å². The van der Waals surface area contributed by atoms with Gasteiger partial charge in [-0.25, -0.2) is 0 Å². The van der Waals surface area contributed by atoms with Crippen molar-refractivity contribution in [2.24, 2.45) is 0 Å². The molecule has 0 aromatic heterocycles. The van der Waals surface area contributed by atoms with Gasteiger partial charge in [0.25, 0.3) is 5.91 Å². The molecule has 3 amide bonds. The zero-order chi connectivity index (χ0) is 20.2. The smallest absolute Gasteiger partial charge is 0.254 e. The van der Waals surface area contributed by atoms with Crippen LogP contribution in [-0.4, -0.2) is 36.9 Å². The monoisotopic (exact) mass is 392 g/mol. The Morgan fingerprint density at radius 3 is 2.66 bits per heavy atom. The summed E-state index contributed by atoms with van der Waals surface area (Å²) in [7, 11) is 0. The van der Waals surface area contributed by atoms with Crippen molar-refractivity contribution in [3.63, 3.8) is 0 Å². The first-order valence-corrected chi connectivity index (χ1v) is 9.96. The number of hydrogen-bond acceptors (Lipinski definition) is 4. The molecule has 0 spiro atoms. The van der Waals surface area contributed by atoms with Crippen LogP contribution in [0.2, 0.25) is 0 Å². The summed E-state index contributed by atoms with van der Waals surface area (Å²) in [6.07, 6.45) is 3.47. The van der Waals surface area contributed by atoms with Crippen LogP contribution < -0.4 is 20.9 Å². The molecule has 7 heteroatoms. The van der Waals surface area contributed by atoms with Gasteiger partial charge in [-0.15, -0.1) is 0 Å². The third-order valence-corrected chi connectivity index (χ3v) is 5.29. The van der Waals surface area contributed by atoms with E-state index in [2.05, 4.69) is 20.9 Å². The summed E-state index contributed by atoms with van der Waals surface area (Å²) in [5.74, 6) is -1.10. The lowest BCUT2D eigenvalue weighted by Crippen LogP contribution is -2.43. The van der Waals surface area contributed by atoms with Crippen LogP contribution in [0.4, 0.5) is 17.1 Å². The van der Waals surface area contributed by atoms with E-state index in [9.17, 15) is 14.4 Å². The van der Waals surface area contributed by atoms with Gasteiger partial charge in [0.1, 0.15) is 6.04 Å². The quantitative estimate of drug-likeness (QED) is 0.746. The number of fused-ring (bicyclic) bond motifs is 1. The first-order valence-electron chi connectivity index (χ1n) is 9.96. The highest BCUT2D eigenvalue weighted by atomic mass is 16.2. The molecule has 2 heterocycles. The number of rotatable bonds is 4. The number of anilines is 3. The van der Waals surface area contributed by atoms with Crippen LogP contribution in [0, 0.1) is 0 Å². The molecule has 3 N–H and O–H groups in total. The average Bonchev–Trinajstić information content (AvgIpc) is 2.85. The summed E-state index contributed by atoms with van der Waals surface area (Å²) in [6.45, 7) is 2.04. The molecule has 4 rings (SSSR count). The molecule has 1 unspecified atom stereocenters. The number of hydrogen-bond donors (Lipinski definition) is 3. The van der Waals surface area contributed by atoms with Crippen molar-refractivity contribution in [3.8, 4) is 0 Å². The van der Waals surface area contributed by atoms with Gasteiger partial charge in [0.2, 0.25) is 11.8 Å². The van der Waals surface area contributed by atoms with Gasteiger partial charge in [0.05, 0.1) is 17.7 Å². The molecule has 29 heavy (non-hydrogen) atoms. The molecule has 0 radical (unpaired) electrons. The molecule has 0 bridgehead atoms. The van der Waals surface area contributed by atoms with Crippen LogP contribution >= 0.6 is 0 Å². The van der Waals surface area contributed by atoms with Crippen molar-refractivity contribution in [2.45, 2.75) is 31.7 Å². The van der Waals surface area contributed by atoms with E-state index in [0.717, 1.165) is 18.8 Å². The molecule has 2 aliphatic heterocycles. The van der Waals surface area contributed by atoms with E-state index < -0.39 is 11.9 Å². The van der Waals surface area contributed by atoms with Crippen LogP contribution in [0.15, 0.2) is 48.5 Å². The van der Waals surface area contributed by atoms with Gasteiger partial charge in [-0.2, -0.15) is 0 Å². The van der Waals surface area contributed by atoms with Crippen LogP contribution in [0.1, 0.15) is 36.0 Å². The minimum atomic E-state index is -0.930. The third kappa shape index (κ3) is 4.39. The van der Waals surface area contributed by atoms with Gasteiger partial charge in [0.15, 0.2) is 0 Å². The third-order valence-electron chi connectivity index (χ3n) is 5.29. The lowest BCUT2D eigenvalue weighted by atomic mass is 10.1. The maximum Gasteiger partial charge on any atom is 0.254 e. The number of carbonyl (C=O) groups is 3. The van der Waals surface area contributed by atoms with E-state index in [1.54, 1.807) is 24.3 Å². The summed E-state index contributed by atoms with van der Waals surface area (Å²) in [4.78, 5) is 39.7. The Morgan fingerprint density at radius 2 is 1.83 bits per heavy atom. The van der Waals surface area contributed by atoms with Gasteiger partial charge >= 0.3 is 0 Å². The fourth-order valence-corrected chi connectivity index (χ4v) is 3.79. The van der Waals surface area contributed by atoms with Crippen molar-refractivity contribution in [1.82, 2.24) is 5.32 Å². The fraction of sp³-hybridized carbons (Fsp3) is 0.318. The standard InChI is InChI=1S/C22H24N4O3/c27-20(23-15-7-6-8-16(13-15)26-11-4-1-5-12-26)14-19-22(29)24-18-10-3-2-9-17(18)21(28)25-19/h2-3,6-10,13,19H,1,4-5,11-12,14H2,(H,23,27)(H,24,29)(H,25,28). The first kappa shape index (κ1) is 19.0. The summed E-state index contributed by atoms with van der Waals surface area (Å²) in [5.41, 5.74) is 2.60. The second-order valence-corrected chi connectivity index (χ2v) is 7.41. The molecule has 0 saturated carbocycles. The predicted octanol–water partition coefficient (Wildman–Crippen LogP) is 2.76. The maximum absolute atomic E-state index is 12.5. The largest absolute Gasteiger partial charge is 0.371 e. The SMILES string of the molecule is O=C(CC1NC(=O)c2ccccc2NC1=O)Nc1cccc(N2CCCCC2)c1. The van der Waals surface area contributed by atoms with E-state index in [1.807, 2.05) is 24.3 Å². The normalized spacial score (nSPS) is 18.9. The second kappa shape index (κ2) is 8.34. The lowest BCUT2D eigenvalue weighted by Gasteiger charge is -2.29. The number of nitrogens with one attached hydrogen (secondary N) is 3. The Morgan fingerprint density at radius 1 is 1.03 bits per heavy atom. The fourth-order valence-electron chi connectivity index (χ4n) is 3.79. The Bertz CT molecular complexity index is 937. The molecule has 1 saturated heterocycles. The highest BCUT2D eigenvalue weighted by Crippen LogP contribution is 2.23. The van der Waals surface area contributed by atoms with Crippen molar-refractivity contribution >= 4 is 34.8 Å². The van der Waals surface area contributed by atoms with E-state index in [-0.39, 0.29) is 18.2 Å². The number of piperidine rings is 1. The minimum absolute atomic E-state index is 0.139. The highest BCUT2D eigenvalue weighted by Gasteiger charge is 2.29. The Hall–Kier alpha value is -3.35. The molecule has 0 aliphatic carbocycles. The van der Waals surface area contributed by atoms with Crippen LogP contribution in [0.5, 0.6) is 0 Å². The molecular formula is C22H24N4O3. The van der Waals surface area contributed by atoms with Crippen molar-refractivity contribution in [2.75, 3.05) is 28.6 Å². The summed E-state index contributed by atoms with van der Waals surface area (Å²) in [5, 5.41) is 8.21. The van der Waals surface area contributed by atoms with Gasteiger partial charge in [-0.3, -0.25) is 14.4 Å². The Balaban J connectivity index is 1.41. The number of para-hydroxylation sites is 1. The van der Waals surface area contributed by atoms with Crippen molar-refractivity contribution < 1.29 is 14.4 Å². The number of benzene rings is 2. The Kier molecular flexibility index (Phi) is 5.46. The van der Waals surface area contributed by atoms with Crippen molar-refractivity contribution in [1.29, 1.82) is 0 Å². The van der Waals surface area contributed by atoms with Crippen molar-refractivity contribution in [3.05, 3.63) is 54.1 Å². The molecule has 150 valence electrons. The van der Waals surface area contributed by atoms with Gasteiger partial charge in [-0.05, 0) is 49.6 Å². The van der Waals surface area contributed by atoms with Crippen LogP contribution in [0.3, 0.4) is 0 Å². The number of nitrogens with zero attached hydrogens (tertiary/aromatic N) is 1. The highest BCUT2D eigenvalue weighted by molar-refractivity contribution is 6.11.